The first-order valence-corrected chi connectivity index (χ1v) is 7.83. The second-order valence-electron chi connectivity index (χ2n) is 5.45. The molecule has 1 aromatic rings. The van der Waals surface area contributed by atoms with E-state index >= 15 is 0 Å². The van der Waals surface area contributed by atoms with E-state index < -0.39 is 0 Å². The molecule has 6 heteroatoms. The lowest BCUT2D eigenvalue weighted by molar-refractivity contribution is -0.856. The zero-order chi connectivity index (χ0) is 15.1. The van der Waals surface area contributed by atoms with Crippen molar-refractivity contribution in [2.75, 3.05) is 63.7 Å². The third-order valence-electron chi connectivity index (χ3n) is 3.41. The van der Waals surface area contributed by atoms with Crippen LogP contribution < -0.4 is 20.4 Å². The third kappa shape index (κ3) is 5.15. The predicted octanol–water partition coefficient (Wildman–Crippen LogP) is -0.0459. The van der Waals surface area contributed by atoms with E-state index in [-0.39, 0.29) is 0 Å². The van der Waals surface area contributed by atoms with Gasteiger partial charge in [0.2, 0.25) is 0 Å². The number of para-hydroxylation sites is 2. The van der Waals surface area contributed by atoms with E-state index in [0.717, 1.165) is 45.1 Å². The molecule has 0 radical (unpaired) electrons. The fourth-order valence-electron chi connectivity index (χ4n) is 2.25. The summed E-state index contributed by atoms with van der Waals surface area (Å²) in [6, 6.07) is 8.27. The van der Waals surface area contributed by atoms with Crippen LogP contribution in [0.3, 0.4) is 0 Å². The SMILES string of the molecule is C[NH+](C)CCNC(=S)Nc1ccccc1N1CCOCC1. The summed E-state index contributed by atoms with van der Waals surface area (Å²) < 4.78 is 5.42. The molecule has 0 unspecified atom stereocenters. The van der Waals surface area contributed by atoms with Gasteiger partial charge >= 0.3 is 0 Å². The number of ether oxygens (including phenoxy) is 1. The molecule has 1 aliphatic rings. The van der Waals surface area contributed by atoms with Crippen molar-refractivity contribution in [3.63, 3.8) is 0 Å². The summed E-state index contributed by atoms with van der Waals surface area (Å²) in [5, 5.41) is 7.24. The maximum Gasteiger partial charge on any atom is 0.171 e. The number of quaternary nitrogens is 1. The van der Waals surface area contributed by atoms with Gasteiger partial charge < -0.3 is 25.2 Å². The molecule has 0 bridgehead atoms. The molecule has 5 nitrogen and oxygen atoms in total. The van der Waals surface area contributed by atoms with Crippen molar-refractivity contribution in [3.05, 3.63) is 24.3 Å². The van der Waals surface area contributed by atoms with Gasteiger partial charge in [0, 0.05) is 13.1 Å². The minimum atomic E-state index is 0.678. The number of benzene rings is 1. The first-order valence-electron chi connectivity index (χ1n) is 7.42. The molecule has 21 heavy (non-hydrogen) atoms. The van der Waals surface area contributed by atoms with E-state index in [1.165, 1.54) is 10.6 Å². The van der Waals surface area contributed by atoms with Crippen LogP contribution in [0.15, 0.2) is 24.3 Å². The zero-order valence-electron chi connectivity index (χ0n) is 12.8. The molecule has 1 heterocycles. The van der Waals surface area contributed by atoms with Crippen molar-refractivity contribution in [1.29, 1.82) is 0 Å². The molecule has 116 valence electrons. The Morgan fingerprint density at radius 1 is 1.29 bits per heavy atom. The second kappa shape index (κ2) is 8.17. The van der Waals surface area contributed by atoms with Gasteiger partial charge in [-0.05, 0) is 24.4 Å². The first-order chi connectivity index (χ1) is 10.2. The molecule has 3 N–H and O–H groups in total. The topological polar surface area (TPSA) is 41.0 Å². The lowest BCUT2D eigenvalue weighted by Crippen LogP contribution is -3.06. The first kappa shape index (κ1) is 16.0. The molecule has 1 fully saturated rings. The van der Waals surface area contributed by atoms with Gasteiger partial charge in [0.15, 0.2) is 5.11 Å². The van der Waals surface area contributed by atoms with Crippen molar-refractivity contribution < 1.29 is 9.64 Å². The molecule has 1 aliphatic heterocycles. The molecule has 0 aromatic heterocycles. The highest BCUT2D eigenvalue weighted by atomic mass is 32.1. The lowest BCUT2D eigenvalue weighted by Gasteiger charge is -2.30. The van der Waals surface area contributed by atoms with E-state index in [9.17, 15) is 0 Å². The summed E-state index contributed by atoms with van der Waals surface area (Å²) >= 11 is 5.37. The highest BCUT2D eigenvalue weighted by molar-refractivity contribution is 7.80. The maximum atomic E-state index is 5.42. The molecule has 0 spiro atoms. The van der Waals surface area contributed by atoms with E-state index in [1.807, 2.05) is 6.07 Å². The van der Waals surface area contributed by atoms with Gasteiger partial charge in [0.1, 0.15) is 0 Å². The minimum Gasteiger partial charge on any atom is -0.378 e. The Morgan fingerprint density at radius 2 is 2.00 bits per heavy atom. The Bertz CT molecular complexity index is 461. The number of morpholine rings is 1. The standard InChI is InChI=1S/C15H24N4OS/c1-18(2)8-7-16-15(21)17-13-5-3-4-6-14(13)19-9-11-20-12-10-19/h3-6H,7-12H2,1-2H3,(H2,16,17,21)/p+1. The van der Waals surface area contributed by atoms with Gasteiger partial charge in [-0.25, -0.2) is 0 Å². The molecule has 1 aromatic carbocycles. The van der Waals surface area contributed by atoms with Crippen LogP contribution in [0.25, 0.3) is 0 Å². The number of rotatable bonds is 5. The normalized spacial score (nSPS) is 15.1. The van der Waals surface area contributed by atoms with Gasteiger partial charge in [0.05, 0.1) is 51.8 Å². The lowest BCUT2D eigenvalue weighted by atomic mass is 10.2. The van der Waals surface area contributed by atoms with Crippen molar-refractivity contribution in [3.8, 4) is 0 Å². The predicted molar refractivity (Wildman–Crippen MR) is 91.4 cm³/mol. The summed E-state index contributed by atoms with van der Waals surface area (Å²) in [7, 11) is 4.26. The second-order valence-corrected chi connectivity index (χ2v) is 5.86. The van der Waals surface area contributed by atoms with Crippen LogP contribution in [-0.2, 0) is 4.74 Å². The number of hydrogen-bond donors (Lipinski definition) is 3. The van der Waals surface area contributed by atoms with Crippen LogP contribution in [0.1, 0.15) is 0 Å². The van der Waals surface area contributed by atoms with Gasteiger partial charge in [-0.15, -0.1) is 0 Å². The quantitative estimate of drug-likeness (QED) is 0.666. The van der Waals surface area contributed by atoms with Crippen LogP contribution in [-0.4, -0.2) is 58.6 Å². The van der Waals surface area contributed by atoms with Crippen LogP contribution >= 0.6 is 12.2 Å². The monoisotopic (exact) mass is 309 g/mol. The smallest absolute Gasteiger partial charge is 0.171 e. The fraction of sp³-hybridized carbons (Fsp3) is 0.533. The van der Waals surface area contributed by atoms with Crippen LogP contribution in [0.2, 0.25) is 0 Å². The van der Waals surface area contributed by atoms with E-state index in [0.29, 0.717) is 5.11 Å². The highest BCUT2D eigenvalue weighted by Gasteiger charge is 2.14. The summed E-state index contributed by atoms with van der Waals surface area (Å²) in [4.78, 5) is 3.73. The highest BCUT2D eigenvalue weighted by Crippen LogP contribution is 2.26. The molecule has 2 rings (SSSR count). The van der Waals surface area contributed by atoms with E-state index in [1.54, 1.807) is 0 Å². The van der Waals surface area contributed by atoms with Gasteiger partial charge in [-0.2, -0.15) is 0 Å². The van der Waals surface area contributed by atoms with E-state index in [4.69, 9.17) is 17.0 Å². The van der Waals surface area contributed by atoms with Gasteiger partial charge in [-0.1, -0.05) is 12.1 Å². The Morgan fingerprint density at radius 3 is 2.71 bits per heavy atom. The number of likely N-dealkylation sites (N-methyl/N-ethyl adjacent to an activating group) is 1. The summed E-state index contributed by atoms with van der Waals surface area (Å²) in [5.41, 5.74) is 2.23. The van der Waals surface area contributed by atoms with Crippen molar-refractivity contribution in [2.24, 2.45) is 0 Å². The average Bonchev–Trinajstić information content (AvgIpc) is 2.48. The Labute approximate surface area is 132 Å². The van der Waals surface area contributed by atoms with Gasteiger partial charge in [0.25, 0.3) is 0 Å². The third-order valence-corrected chi connectivity index (χ3v) is 3.66. The van der Waals surface area contributed by atoms with Crippen LogP contribution in [0.5, 0.6) is 0 Å². The number of nitrogens with one attached hydrogen (secondary N) is 3. The summed E-state index contributed by atoms with van der Waals surface area (Å²) in [6.45, 7) is 5.30. The molecule has 0 amide bonds. The number of hydrogen-bond acceptors (Lipinski definition) is 3. The molecule has 0 atom stereocenters. The Balaban J connectivity index is 1.94. The molecule has 1 saturated heterocycles. The van der Waals surface area contributed by atoms with Crippen LogP contribution in [0.4, 0.5) is 11.4 Å². The Kier molecular flexibility index (Phi) is 6.22. The minimum absolute atomic E-state index is 0.678. The van der Waals surface area contributed by atoms with Gasteiger partial charge in [-0.3, -0.25) is 0 Å². The van der Waals surface area contributed by atoms with Crippen molar-refractivity contribution >= 4 is 28.7 Å². The van der Waals surface area contributed by atoms with Crippen molar-refractivity contribution in [1.82, 2.24) is 5.32 Å². The molecule has 0 saturated carbocycles. The zero-order valence-corrected chi connectivity index (χ0v) is 13.6. The largest absolute Gasteiger partial charge is 0.378 e. The number of anilines is 2. The summed E-state index contributed by atoms with van der Waals surface area (Å²) in [5.74, 6) is 0. The van der Waals surface area contributed by atoms with E-state index in [2.05, 4.69) is 47.8 Å². The molecular formula is C15H25N4OS+. The molecular weight excluding hydrogens is 284 g/mol. The number of nitrogens with zero attached hydrogens (tertiary/aromatic N) is 1. The molecule has 0 aliphatic carbocycles. The maximum absolute atomic E-state index is 5.42. The Hall–Kier alpha value is -1.37. The van der Waals surface area contributed by atoms with Crippen LogP contribution in [0, 0.1) is 0 Å². The average molecular weight is 309 g/mol. The summed E-state index contributed by atoms with van der Waals surface area (Å²) in [6.07, 6.45) is 0. The fourth-order valence-corrected chi connectivity index (χ4v) is 2.46. The number of thiocarbonyl (C=S) groups is 1. The van der Waals surface area contributed by atoms with Crippen molar-refractivity contribution in [2.45, 2.75) is 0 Å².